The van der Waals surface area contributed by atoms with Gasteiger partial charge in [-0.1, -0.05) is 13.8 Å². The summed E-state index contributed by atoms with van der Waals surface area (Å²) in [6, 6.07) is 1.98. The molecule has 1 atom stereocenters. The Balaban J connectivity index is 1.98. The molecule has 0 aliphatic heterocycles. The fraction of sp³-hybridized carbons (Fsp3) is 0.714. The standard InChI is InChI=1S/C14H21F3N2O/c1-13(2)7-11(18)10-3-4-19(12(10)8-13)5-6-20-9-14(15,16)17/h3-4,11H,5-9,18H2,1-2H3. The average molecular weight is 290 g/mol. The maximum absolute atomic E-state index is 12.0. The molecule has 1 aliphatic rings. The van der Waals surface area contributed by atoms with Crippen LogP contribution in [0, 0.1) is 5.41 Å². The lowest BCUT2D eigenvalue weighted by Gasteiger charge is -2.34. The predicted octanol–water partition coefficient (Wildman–Crippen LogP) is 3.04. The smallest absolute Gasteiger partial charge is 0.370 e. The molecule has 1 unspecified atom stereocenters. The fourth-order valence-corrected chi connectivity index (χ4v) is 2.85. The van der Waals surface area contributed by atoms with Crippen LogP contribution in [0.15, 0.2) is 12.3 Å². The van der Waals surface area contributed by atoms with Crippen LogP contribution in [0.1, 0.15) is 37.6 Å². The Morgan fingerprint density at radius 2 is 2.15 bits per heavy atom. The van der Waals surface area contributed by atoms with Gasteiger partial charge in [-0.05, 0) is 29.9 Å². The maximum Gasteiger partial charge on any atom is 0.411 e. The molecule has 0 amide bonds. The molecule has 1 heterocycles. The molecule has 114 valence electrons. The first-order chi connectivity index (χ1) is 9.18. The Morgan fingerprint density at radius 3 is 2.80 bits per heavy atom. The zero-order valence-corrected chi connectivity index (χ0v) is 11.8. The lowest BCUT2D eigenvalue weighted by molar-refractivity contribution is -0.174. The van der Waals surface area contributed by atoms with E-state index in [0.29, 0.717) is 6.54 Å². The first-order valence-electron chi connectivity index (χ1n) is 6.76. The monoisotopic (exact) mass is 290 g/mol. The van der Waals surface area contributed by atoms with E-state index in [4.69, 9.17) is 5.73 Å². The molecule has 1 aliphatic carbocycles. The van der Waals surface area contributed by atoms with Gasteiger partial charge in [-0.15, -0.1) is 0 Å². The van der Waals surface area contributed by atoms with Crippen LogP contribution in [0.2, 0.25) is 0 Å². The van der Waals surface area contributed by atoms with Gasteiger partial charge in [-0.3, -0.25) is 0 Å². The number of aromatic nitrogens is 1. The van der Waals surface area contributed by atoms with E-state index in [-0.39, 0.29) is 18.1 Å². The first-order valence-corrected chi connectivity index (χ1v) is 6.76. The van der Waals surface area contributed by atoms with E-state index in [1.165, 1.54) is 0 Å². The fourth-order valence-electron chi connectivity index (χ4n) is 2.85. The van der Waals surface area contributed by atoms with Crippen LogP contribution in [0.4, 0.5) is 13.2 Å². The zero-order chi connectivity index (χ0) is 15.0. The van der Waals surface area contributed by atoms with E-state index < -0.39 is 12.8 Å². The van der Waals surface area contributed by atoms with Crippen LogP contribution in [-0.4, -0.2) is 24.0 Å². The maximum atomic E-state index is 12.0. The highest BCUT2D eigenvalue weighted by molar-refractivity contribution is 5.30. The predicted molar refractivity (Wildman–Crippen MR) is 70.3 cm³/mol. The van der Waals surface area contributed by atoms with E-state index >= 15 is 0 Å². The molecule has 2 rings (SSSR count). The van der Waals surface area contributed by atoms with E-state index in [2.05, 4.69) is 18.6 Å². The summed E-state index contributed by atoms with van der Waals surface area (Å²) in [6.07, 6.45) is -0.555. The van der Waals surface area contributed by atoms with E-state index in [0.717, 1.165) is 24.1 Å². The number of rotatable bonds is 4. The van der Waals surface area contributed by atoms with E-state index in [9.17, 15) is 13.2 Å². The molecule has 1 aromatic rings. The molecule has 0 bridgehead atoms. The van der Waals surface area contributed by atoms with Crippen LogP contribution in [-0.2, 0) is 17.7 Å². The van der Waals surface area contributed by atoms with Gasteiger partial charge in [0, 0.05) is 24.5 Å². The average Bonchev–Trinajstić information content (AvgIpc) is 2.65. The van der Waals surface area contributed by atoms with Crippen molar-refractivity contribution in [1.29, 1.82) is 0 Å². The van der Waals surface area contributed by atoms with Crippen molar-refractivity contribution in [3.05, 3.63) is 23.5 Å². The van der Waals surface area contributed by atoms with E-state index in [1.807, 2.05) is 16.8 Å². The Hall–Kier alpha value is -1.01. The third kappa shape index (κ3) is 3.76. The van der Waals surface area contributed by atoms with Crippen LogP contribution in [0.3, 0.4) is 0 Å². The van der Waals surface area contributed by atoms with Gasteiger partial charge in [0.15, 0.2) is 0 Å². The quantitative estimate of drug-likeness (QED) is 0.866. The molecular weight excluding hydrogens is 269 g/mol. The van der Waals surface area contributed by atoms with Crippen molar-refractivity contribution in [2.45, 2.75) is 45.5 Å². The molecule has 2 N–H and O–H groups in total. The van der Waals surface area contributed by atoms with Gasteiger partial charge in [0.25, 0.3) is 0 Å². The van der Waals surface area contributed by atoms with Gasteiger partial charge in [0.05, 0.1) is 6.61 Å². The second kappa shape index (κ2) is 5.41. The normalized spacial score (nSPS) is 21.8. The van der Waals surface area contributed by atoms with Crippen molar-refractivity contribution in [3.8, 4) is 0 Å². The number of ether oxygens (including phenoxy) is 1. The van der Waals surface area contributed by atoms with Gasteiger partial charge >= 0.3 is 6.18 Å². The number of hydrogen-bond donors (Lipinski definition) is 1. The Morgan fingerprint density at radius 1 is 1.45 bits per heavy atom. The first kappa shape index (κ1) is 15.4. The molecule has 0 spiro atoms. The molecule has 1 aromatic heterocycles. The van der Waals surface area contributed by atoms with Gasteiger partial charge in [-0.25, -0.2) is 0 Å². The highest BCUT2D eigenvalue weighted by Crippen LogP contribution is 2.39. The van der Waals surface area contributed by atoms with Crippen LogP contribution >= 0.6 is 0 Å². The summed E-state index contributed by atoms with van der Waals surface area (Å²) >= 11 is 0. The number of alkyl halides is 3. The molecule has 0 radical (unpaired) electrons. The molecular formula is C14H21F3N2O. The van der Waals surface area contributed by atoms with Crippen molar-refractivity contribution in [2.24, 2.45) is 11.1 Å². The lowest BCUT2D eigenvalue weighted by Crippen LogP contribution is -2.30. The number of hydrogen-bond acceptors (Lipinski definition) is 2. The van der Waals surface area contributed by atoms with Crippen molar-refractivity contribution in [1.82, 2.24) is 4.57 Å². The van der Waals surface area contributed by atoms with Gasteiger partial charge in [-0.2, -0.15) is 13.2 Å². The molecule has 20 heavy (non-hydrogen) atoms. The summed E-state index contributed by atoms with van der Waals surface area (Å²) in [7, 11) is 0. The Labute approximate surface area is 116 Å². The molecule has 3 nitrogen and oxygen atoms in total. The third-order valence-corrected chi connectivity index (χ3v) is 3.67. The lowest BCUT2D eigenvalue weighted by atomic mass is 9.74. The van der Waals surface area contributed by atoms with Crippen LogP contribution in [0.5, 0.6) is 0 Å². The Kier molecular flexibility index (Phi) is 4.16. The SMILES string of the molecule is CC1(C)Cc2c(ccn2CCOCC(F)(F)F)C(N)C1. The Bertz CT molecular complexity index is 465. The van der Waals surface area contributed by atoms with Crippen molar-refractivity contribution < 1.29 is 17.9 Å². The van der Waals surface area contributed by atoms with Crippen LogP contribution in [0.25, 0.3) is 0 Å². The summed E-state index contributed by atoms with van der Waals surface area (Å²) in [4.78, 5) is 0. The van der Waals surface area contributed by atoms with Gasteiger partial charge in [0.1, 0.15) is 6.61 Å². The van der Waals surface area contributed by atoms with E-state index in [1.54, 1.807) is 0 Å². The number of halogens is 3. The minimum Gasteiger partial charge on any atom is -0.370 e. The van der Waals surface area contributed by atoms with Crippen molar-refractivity contribution in [2.75, 3.05) is 13.2 Å². The van der Waals surface area contributed by atoms with Gasteiger partial charge in [0.2, 0.25) is 0 Å². The second-order valence-corrected chi connectivity index (χ2v) is 6.23. The summed E-state index contributed by atoms with van der Waals surface area (Å²) in [6.45, 7) is 3.60. The third-order valence-electron chi connectivity index (χ3n) is 3.67. The molecule has 0 saturated carbocycles. The minimum atomic E-state index is -4.26. The summed E-state index contributed by atoms with van der Waals surface area (Å²) < 4.78 is 42.6. The van der Waals surface area contributed by atoms with Crippen molar-refractivity contribution in [3.63, 3.8) is 0 Å². The van der Waals surface area contributed by atoms with Crippen LogP contribution < -0.4 is 5.73 Å². The molecule has 0 saturated heterocycles. The minimum absolute atomic E-state index is 0.00564. The molecule has 0 fully saturated rings. The topological polar surface area (TPSA) is 40.2 Å². The highest BCUT2D eigenvalue weighted by atomic mass is 19.4. The number of nitrogens with two attached hydrogens (primary N) is 1. The number of fused-ring (bicyclic) bond motifs is 1. The second-order valence-electron chi connectivity index (χ2n) is 6.23. The zero-order valence-electron chi connectivity index (χ0n) is 11.8. The summed E-state index contributed by atoms with van der Waals surface area (Å²) in [5.41, 5.74) is 8.51. The summed E-state index contributed by atoms with van der Waals surface area (Å²) in [5.74, 6) is 0. The molecule has 0 aromatic carbocycles. The number of nitrogens with zero attached hydrogens (tertiary/aromatic N) is 1. The molecule has 6 heteroatoms. The van der Waals surface area contributed by atoms with Crippen molar-refractivity contribution >= 4 is 0 Å². The van der Waals surface area contributed by atoms with Gasteiger partial charge < -0.3 is 15.0 Å². The summed E-state index contributed by atoms with van der Waals surface area (Å²) in [5, 5.41) is 0. The highest BCUT2D eigenvalue weighted by Gasteiger charge is 2.32. The largest absolute Gasteiger partial charge is 0.411 e.